The Labute approximate surface area is 162 Å². The zero-order valence-electron chi connectivity index (χ0n) is 15.2. The highest BCUT2D eigenvalue weighted by molar-refractivity contribution is 7.90. The Morgan fingerprint density at radius 2 is 1.55 bits per heavy atom. The van der Waals surface area contributed by atoms with Crippen LogP contribution in [0.5, 0.6) is 17.2 Å². The molecule has 8 nitrogen and oxygen atoms in total. The first-order valence-corrected chi connectivity index (χ1v) is 9.28. The van der Waals surface area contributed by atoms with Crippen LogP contribution in [0.4, 0.5) is 13.2 Å². The second-order valence-corrected chi connectivity index (χ2v) is 7.43. The zero-order valence-corrected chi connectivity index (χ0v) is 16.1. The zero-order chi connectivity index (χ0) is 21.6. The molecule has 0 amide bonds. The van der Waals surface area contributed by atoms with Crippen molar-refractivity contribution in [3.63, 3.8) is 0 Å². The van der Waals surface area contributed by atoms with Gasteiger partial charge in [-0.05, 0) is 24.3 Å². The summed E-state index contributed by atoms with van der Waals surface area (Å²) in [4.78, 5) is 11.8. The molecular formula is C17H14F3NO7S. The maximum Gasteiger partial charge on any atom is 0.416 e. The van der Waals surface area contributed by atoms with Crippen LogP contribution < -0.4 is 19.8 Å². The van der Waals surface area contributed by atoms with Crippen LogP contribution in [0.1, 0.15) is 5.56 Å². The van der Waals surface area contributed by atoms with Gasteiger partial charge in [-0.1, -0.05) is 4.15 Å². The van der Waals surface area contributed by atoms with Crippen LogP contribution in [0.25, 0.3) is 10.9 Å². The number of halogens is 3. The third-order valence-corrected chi connectivity index (χ3v) is 5.65. The maximum absolute atomic E-state index is 12.9. The molecule has 1 heterocycles. The van der Waals surface area contributed by atoms with E-state index in [-0.39, 0.29) is 28.2 Å². The number of nitrogens with zero attached hydrogens (tertiary/aromatic N) is 1. The monoisotopic (exact) mass is 433 g/mol. The highest BCUT2D eigenvalue weighted by atomic mass is 32.2. The first kappa shape index (κ1) is 20.6. The summed E-state index contributed by atoms with van der Waals surface area (Å²) >= 11 is 0. The molecule has 12 heteroatoms. The molecule has 1 aromatic heterocycles. The highest BCUT2D eigenvalue weighted by Gasteiger charge is 2.32. The van der Waals surface area contributed by atoms with E-state index >= 15 is 0 Å². The van der Waals surface area contributed by atoms with E-state index in [1.165, 1.54) is 27.4 Å². The molecule has 0 spiro atoms. The molecule has 156 valence electrons. The number of hydrogen-bond acceptors (Lipinski definition) is 7. The Bertz CT molecular complexity index is 1230. The van der Waals surface area contributed by atoms with E-state index in [1.807, 2.05) is 0 Å². The van der Waals surface area contributed by atoms with Crippen LogP contribution in [0.3, 0.4) is 0 Å². The Kier molecular flexibility index (Phi) is 4.99. The smallest absolute Gasteiger partial charge is 0.416 e. The summed E-state index contributed by atoms with van der Waals surface area (Å²) in [5.41, 5.74) is -2.30. The lowest BCUT2D eigenvalue weighted by molar-refractivity contribution is -0.137. The maximum atomic E-state index is 12.9. The molecule has 0 aliphatic heterocycles. The molecular weight excluding hydrogens is 419 g/mol. The number of ether oxygens (including phenoxy) is 3. The number of methoxy groups -OCH3 is 3. The molecule has 3 rings (SSSR count). The lowest BCUT2D eigenvalue weighted by atomic mass is 10.2. The van der Waals surface area contributed by atoms with Crippen molar-refractivity contribution in [3.8, 4) is 17.2 Å². The van der Waals surface area contributed by atoms with Crippen LogP contribution in [-0.2, 0) is 16.2 Å². The molecule has 0 atom stereocenters. The minimum absolute atomic E-state index is 0.0412. The summed E-state index contributed by atoms with van der Waals surface area (Å²) in [5, 5.41) is -0.236. The molecule has 0 saturated heterocycles. The van der Waals surface area contributed by atoms with Crippen LogP contribution in [0.2, 0.25) is 0 Å². The fourth-order valence-electron chi connectivity index (χ4n) is 2.74. The van der Waals surface area contributed by atoms with E-state index in [0.29, 0.717) is 16.3 Å². The molecule has 0 fully saturated rings. The van der Waals surface area contributed by atoms with E-state index in [0.717, 1.165) is 12.1 Å². The number of hydrogen-bond donors (Lipinski definition) is 0. The van der Waals surface area contributed by atoms with Gasteiger partial charge in [-0.2, -0.15) is 21.6 Å². The van der Waals surface area contributed by atoms with E-state index in [1.54, 1.807) is 0 Å². The van der Waals surface area contributed by atoms with E-state index in [4.69, 9.17) is 18.7 Å². The molecule has 0 radical (unpaired) electrons. The van der Waals surface area contributed by atoms with Gasteiger partial charge in [0.25, 0.3) is 10.0 Å². The predicted octanol–water partition coefficient (Wildman–Crippen LogP) is 2.88. The second-order valence-electron chi connectivity index (χ2n) is 5.67. The van der Waals surface area contributed by atoms with Gasteiger partial charge >= 0.3 is 11.8 Å². The van der Waals surface area contributed by atoms with Crippen molar-refractivity contribution in [1.82, 2.24) is 4.15 Å². The Hall–Kier alpha value is -3.15. The van der Waals surface area contributed by atoms with Crippen molar-refractivity contribution < 1.29 is 40.3 Å². The predicted molar refractivity (Wildman–Crippen MR) is 94.2 cm³/mol. The SMILES string of the molecule is COc1cc2c(c(OC)c1OC)c(=O)on2S(=O)(=O)c1ccc(C(F)(F)F)cc1. The van der Waals surface area contributed by atoms with Crippen molar-refractivity contribution in [2.75, 3.05) is 21.3 Å². The minimum Gasteiger partial charge on any atom is -0.493 e. The largest absolute Gasteiger partial charge is 0.493 e. The Morgan fingerprint density at radius 1 is 0.966 bits per heavy atom. The van der Waals surface area contributed by atoms with Crippen molar-refractivity contribution in [1.29, 1.82) is 0 Å². The van der Waals surface area contributed by atoms with Crippen molar-refractivity contribution >= 4 is 20.9 Å². The molecule has 0 unspecified atom stereocenters. The van der Waals surface area contributed by atoms with Gasteiger partial charge in [0.1, 0.15) is 10.9 Å². The van der Waals surface area contributed by atoms with Gasteiger partial charge in [-0.15, -0.1) is 0 Å². The topological polar surface area (TPSA) is 97.0 Å². The molecule has 0 aliphatic rings. The standard InChI is InChI=1S/C17H14F3NO7S/c1-25-12-8-11-13(15(27-3)14(12)26-2)16(22)28-21(11)29(23,24)10-6-4-9(5-7-10)17(18,19)20/h4-8H,1-3H3. The summed E-state index contributed by atoms with van der Waals surface area (Å²) in [6.07, 6.45) is -4.63. The first-order chi connectivity index (χ1) is 13.6. The lowest BCUT2D eigenvalue weighted by Gasteiger charge is -2.13. The Balaban J connectivity index is 2.28. The molecule has 0 aliphatic carbocycles. The van der Waals surface area contributed by atoms with Gasteiger partial charge in [-0.25, -0.2) is 4.79 Å². The van der Waals surface area contributed by atoms with Crippen molar-refractivity contribution in [2.45, 2.75) is 11.1 Å². The summed E-state index contributed by atoms with van der Waals surface area (Å²) in [5.74, 6) is -0.0227. The fourth-order valence-corrected chi connectivity index (χ4v) is 3.99. The van der Waals surface area contributed by atoms with Gasteiger partial charge in [0.15, 0.2) is 11.5 Å². The van der Waals surface area contributed by atoms with E-state index < -0.39 is 32.3 Å². The number of aromatic nitrogens is 1. The van der Waals surface area contributed by atoms with Crippen LogP contribution in [0.15, 0.2) is 44.5 Å². The van der Waals surface area contributed by atoms with Gasteiger partial charge in [0.05, 0.1) is 31.8 Å². The number of alkyl halides is 3. The van der Waals surface area contributed by atoms with Crippen LogP contribution in [-0.4, -0.2) is 33.9 Å². The van der Waals surface area contributed by atoms with Crippen molar-refractivity contribution in [2.24, 2.45) is 0 Å². The third-order valence-electron chi connectivity index (χ3n) is 4.07. The molecule has 0 N–H and O–H groups in total. The molecule has 0 bridgehead atoms. The summed E-state index contributed by atoms with van der Waals surface area (Å²) < 4.78 is 84.7. The first-order valence-electron chi connectivity index (χ1n) is 7.84. The number of benzene rings is 2. The van der Waals surface area contributed by atoms with Crippen LogP contribution in [0, 0.1) is 0 Å². The molecule has 0 saturated carbocycles. The molecule has 29 heavy (non-hydrogen) atoms. The number of fused-ring (bicyclic) bond motifs is 1. The normalized spacial score (nSPS) is 12.2. The van der Waals surface area contributed by atoms with Gasteiger partial charge in [0.2, 0.25) is 5.75 Å². The second kappa shape index (κ2) is 7.03. The Morgan fingerprint density at radius 3 is 2.03 bits per heavy atom. The van der Waals surface area contributed by atoms with Gasteiger partial charge in [-0.3, -0.25) is 0 Å². The summed E-state index contributed by atoms with van der Waals surface area (Å²) in [6.45, 7) is 0. The fraction of sp³-hybridized carbons (Fsp3) is 0.235. The quantitative estimate of drug-likeness (QED) is 0.610. The highest BCUT2D eigenvalue weighted by Crippen LogP contribution is 2.42. The summed E-state index contributed by atoms with van der Waals surface area (Å²) in [6, 6.07) is 3.94. The van der Waals surface area contributed by atoms with Crippen molar-refractivity contribution in [3.05, 3.63) is 46.3 Å². The molecule has 3 aromatic rings. The van der Waals surface area contributed by atoms with Gasteiger partial charge in [0, 0.05) is 6.07 Å². The average molecular weight is 433 g/mol. The summed E-state index contributed by atoms with van der Waals surface area (Å²) in [7, 11) is -0.729. The average Bonchev–Trinajstić information content (AvgIpc) is 3.02. The minimum atomic E-state index is -4.63. The van der Waals surface area contributed by atoms with E-state index in [2.05, 4.69) is 0 Å². The van der Waals surface area contributed by atoms with Gasteiger partial charge < -0.3 is 18.7 Å². The molecule has 2 aromatic carbocycles. The number of rotatable bonds is 5. The van der Waals surface area contributed by atoms with E-state index in [9.17, 15) is 26.4 Å². The van der Waals surface area contributed by atoms with Crippen LogP contribution >= 0.6 is 0 Å². The lowest BCUT2D eigenvalue weighted by Crippen LogP contribution is -2.13. The third kappa shape index (κ3) is 3.28.